The summed E-state index contributed by atoms with van der Waals surface area (Å²) in [5.41, 5.74) is 0.409. The minimum absolute atomic E-state index is 0.0240. The molecule has 0 unspecified atom stereocenters. The van der Waals surface area contributed by atoms with Gasteiger partial charge in [0.2, 0.25) is 0 Å². The maximum absolute atomic E-state index is 11.7. The lowest BCUT2D eigenvalue weighted by Crippen LogP contribution is -2.07. The molecule has 1 aromatic carbocycles. The van der Waals surface area contributed by atoms with Gasteiger partial charge in [0.1, 0.15) is 0 Å². The van der Waals surface area contributed by atoms with Crippen LogP contribution in [-0.4, -0.2) is 30.6 Å². The van der Waals surface area contributed by atoms with E-state index in [1.54, 1.807) is 0 Å². The molecule has 0 fully saturated rings. The Morgan fingerprint density at radius 1 is 1.35 bits per heavy atom. The van der Waals surface area contributed by atoms with Gasteiger partial charge in [-0.05, 0) is 18.2 Å². The highest BCUT2D eigenvalue weighted by molar-refractivity contribution is 5.96. The summed E-state index contributed by atoms with van der Waals surface area (Å²) in [7, 11) is 1.40. The fraction of sp³-hybridized carbons (Fsp3) is 0.333. The number of hydrogen-bond acceptors (Lipinski definition) is 5. The number of methoxy groups -OCH3 is 1. The molecule has 0 saturated carbocycles. The second kappa shape index (κ2) is 5.89. The van der Waals surface area contributed by atoms with Crippen LogP contribution in [0.25, 0.3) is 0 Å². The van der Waals surface area contributed by atoms with E-state index >= 15 is 0 Å². The number of carbonyl (C=O) groups is 2. The number of carbonyl (C=O) groups excluding carboxylic acids is 2. The summed E-state index contributed by atoms with van der Waals surface area (Å²) >= 11 is 0. The number of ether oxygens (including phenoxy) is 2. The quantitative estimate of drug-likeness (QED) is 0.622. The van der Waals surface area contributed by atoms with Crippen LogP contribution in [-0.2, 0) is 9.53 Å². The standard InChI is InChI=1S/C12H14O5/c1-8(13)17-6-5-10(14)9-3-4-11(15)12(7-9)16-2/h3-4,7,15H,5-6H2,1-2H3. The maximum atomic E-state index is 11.7. The van der Waals surface area contributed by atoms with Gasteiger partial charge in [0.05, 0.1) is 13.7 Å². The van der Waals surface area contributed by atoms with Gasteiger partial charge in [0, 0.05) is 18.9 Å². The van der Waals surface area contributed by atoms with Gasteiger partial charge >= 0.3 is 5.97 Å². The molecule has 17 heavy (non-hydrogen) atoms. The zero-order chi connectivity index (χ0) is 12.8. The molecule has 0 spiro atoms. The fourth-order valence-corrected chi connectivity index (χ4v) is 1.28. The van der Waals surface area contributed by atoms with Crippen molar-refractivity contribution < 1.29 is 24.2 Å². The van der Waals surface area contributed by atoms with Crippen molar-refractivity contribution in [3.63, 3.8) is 0 Å². The van der Waals surface area contributed by atoms with E-state index in [9.17, 15) is 14.7 Å². The van der Waals surface area contributed by atoms with Gasteiger partial charge in [-0.15, -0.1) is 0 Å². The molecule has 0 amide bonds. The highest BCUT2D eigenvalue weighted by Gasteiger charge is 2.10. The molecular weight excluding hydrogens is 224 g/mol. The molecule has 5 nitrogen and oxygen atoms in total. The molecule has 0 bridgehead atoms. The van der Waals surface area contributed by atoms with Crippen LogP contribution in [0, 0.1) is 0 Å². The molecule has 5 heteroatoms. The molecule has 1 N–H and O–H groups in total. The highest BCUT2D eigenvalue weighted by Crippen LogP contribution is 2.26. The van der Waals surface area contributed by atoms with Gasteiger partial charge in [0.15, 0.2) is 17.3 Å². The molecule has 0 atom stereocenters. The lowest BCUT2D eigenvalue weighted by atomic mass is 10.1. The average Bonchev–Trinajstić information content (AvgIpc) is 2.29. The number of rotatable bonds is 5. The highest BCUT2D eigenvalue weighted by atomic mass is 16.5. The fourth-order valence-electron chi connectivity index (χ4n) is 1.28. The van der Waals surface area contributed by atoms with Crippen molar-refractivity contribution >= 4 is 11.8 Å². The number of phenolic OH excluding ortho intramolecular Hbond substituents is 1. The second-order valence-corrected chi connectivity index (χ2v) is 3.40. The minimum atomic E-state index is -0.416. The Hall–Kier alpha value is -2.04. The lowest BCUT2D eigenvalue weighted by Gasteiger charge is -2.06. The first-order chi connectivity index (χ1) is 8.04. The van der Waals surface area contributed by atoms with Crippen molar-refractivity contribution in [1.29, 1.82) is 0 Å². The first-order valence-electron chi connectivity index (χ1n) is 5.08. The molecule has 0 aliphatic carbocycles. The SMILES string of the molecule is COc1cc(C(=O)CCOC(C)=O)ccc1O. The van der Waals surface area contributed by atoms with Crippen molar-refractivity contribution in [3.8, 4) is 11.5 Å². The summed E-state index contributed by atoms with van der Waals surface area (Å²) < 4.78 is 9.56. The topological polar surface area (TPSA) is 72.8 Å². The van der Waals surface area contributed by atoms with Gasteiger partial charge in [0.25, 0.3) is 0 Å². The number of aromatic hydroxyl groups is 1. The first kappa shape index (κ1) is 13.0. The Bertz CT molecular complexity index is 425. The maximum Gasteiger partial charge on any atom is 0.302 e. The molecule has 0 radical (unpaired) electrons. The van der Waals surface area contributed by atoms with Crippen LogP contribution in [0.15, 0.2) is 18.2 Å². The van der Waals surface area contributed by atoms with Crippen LogP contribution in [0.5, 0.6) is 11.5 Å². The van der Waals surface area contributed by atoms with E-state index < -0.39 is 5.97 Å². The molecule has 1 rings (SSSR count). The van der Waals surface area contributed by atoms with Crippen molar-refractivity contribution in [1.82, 2.24) is 0 Å². The number of Topliss-reactive ketones (excluding diaryl/α,β-unsaturated/α-hetero) is 1. The van der Waals surface area contributed by atoms with E-state index in [0.29, 0.717) is 5.56 Å². The summed E-state index contributed by atoms with van der Waals surface area (Å²) in [5.74, 6) is -0.377. The predicted molar refractivity (Wildman–Crippen MR) is 60.2 cm³/mol. The Kier molecular flexibility index (Phi) is 4.51. The van der Waals surface area contributed by atoms with Crippen LogP contribution in [0.2, 0.25) is 0 Å². The molecule has 0 saturated heterocycles. The molecule has 0 aromatic heterocycles. The summed E-state index contributed by atoms with van der Waals surface area (Å²) in [5, 5.41) is 9.36. The van der Waals surface area contributed by atoms with E-state index in [0.717, 1.165) is 0 Å². The van der Waals surface area contributed by atoms with E-state index in [4.69, 9.17) is 4.74 Å². The molecular formula is C12H14O5. The summed E-state index contributed by atoms with van der Waals surface area (Å²) in [6.07, 6.45) is 0.105. The Balaban J connectivity index is 2.66. The van der Waals surface area contributed by atoms with Crippen LogP contribution in [0.3, 0.4) is 0 Å². The number of ketones is 1. The summed E-state index contributed by atoms with van der Waals surface area (Å²) in [6.45, 7) is 1.34. The molecule has 92 valence electrons. The lowest BCUT2D eigenvalue weighted by molar-refractivity contribution is -0.140. The van der Waals surface area contributed by atoms with E-state index in [1.165, 1.54) is 32.2 Å². The largest absolute Gasteiger partial charge is 0.504 e. The zero-order valence-electron chi connectivity index (χ0n) is 9.73. The van der Waals surface area contributed by atoms with Crippen LogP contribution in [0.1, 0.15) is 23.7 Å². The average molecular weight is 238 g/mol. The van der Waals surface area contributed by atoms with Gasteiger partial charge in [-0.25, -0.2) is 0 Å². The summed E-state index contributed by atoms with van der Waals surface area (Å²) in [4.78, 5) is 22.2. The van der Waals surface area contributed by atoms with E-state index in [1.807, 2.05) is 0 Å². The Morgan fingerprint density at radius 3 is 2.65 bits per heavy atom. The third kappa shape index (κ3) is 3.79. The Morgan fingerprint density at radius 2 is 2.06 bits per heavy atom. The number of benzene rings is 1. The number of hydrogen-bond donors (Lipinski definition) is 1. The number of esters is 1. The van der Waals surface area contributed by atoms with Gasteiger partial charge in [-0.1, -0.05) is 0 Å². The van der Waals surface area contributed by atoms with Crippen molar-refractivity contribution in [3.05, 3.63) is 23.8 Å². The minimum Gasteiger partial charge on any atom is -0.504 e. The second-order valence-electron chi connectivity index (χ2n) is 3.40. The zero-order valence-corrected chi connectivity index (χ0v) is 9.73. The van der Waals surface area contributed by atoms with Gasteiger partial charge in [-0.2, -0.15) is 0 Å². The molecule has 0 aliphatic heterocycles. The number of phenols is 1. The molecule has 0 heterocycles. The van der Waals surface area contributed by atoms with Gasteiger partial charge in [-0.3, -0.25) is 9.59 Å². The van der Waals surface area contributed by atoms with E-state index in [-0.39, 0.29) is 30.3 Å². The normalized spacial score (nSPS) is 9.76. The van der Waals surface area contributed by atoms with Crippen LogP contribution < -0.4 is 4.74 Å². The van der Waals surface area contributed by atoms with Crippen LogP contribution in [0.4, 0.5) is 0 Å². The molecule has 1 aromatic rings. The van der Waals surface area contributed by atoms with Crippen molar-refractivity contribution in [2.24, 2.45) is 0 Å². The smallest absolute Gasteiger partial charge is 0.302 e. The van der Waals surface area contributed by atoms with E-state index in [2.05, 4.69) is 4.74 Å². The van der Waals surface area contributed by atoms with Gasteiger partial charge < -0.3 is 14.6 Å². The Labute approximate surface area is 99.0 Å². The van der Waals surface area contributed by atoms with Crippen LogP contribution >= 0.6 is 0 Å². The van der Waals surface area contributed by atoms with Crippen molar-refractivity contribution in [2.75, 3.05) is 13.7 Å². The molecule has 0 aliphatic rings. The third-order valence-corrected chi connectivity index (χ3v) is 2.14. The monoisotopic (exact) mass is 238 g/mol. The predicted octanol–water partition coefficient (Wildman–Crippen LogP) is 1.54. The first-order valence-corrected chi connectivity index (χ1v) is 5.08. The summed E-state index contributed by atoms with van der Waals surface area (Å²) in [6, 6.07) is 4.33. The van der Waals surface area contributed by atoms with Crippen molar-refractivity contribution in [2.45, 2.75) is 13.3 Å². The third-order valence-electron chi connectivity index (χ3n) is 2.14.